The Kier molecular flexibility index (Phi) is 3.40. The summed E-state index contributed by atoms with van der Waals surface area (Å²) in [5, 5.41) is 3.35. The molecule has 1 N–H and O–H groups in total. The number of sulfone groups is 1. The lowest BCUT2D eigenvalue weighted by atomic mass is 10.0. The van der Waals surface area contributed by atoms with Crippen LogP contribution >= 0.6 is 15.9 Å². The number of hydrogen-bond acceptors (Lipinski definition) is 4. The van der Waals surface area contributed by atoms with Crippen LogP contribution in [-0.2, 0) is 9.84 Å². The molecule has 1 fully saturated rings. The molecule has 0 aliphatic carbocycles. The van der Waals surface area contributed by atoms with Crippen LogP contribution in [0.3, 0.4) is 0 Å². The predicted molar refractivity (Wildman–Crippen MR) is 69.6 cm³/mol. The molecule has 2 heterocycles. The predicted octanol–water partition coefficient (Wildman–Crippen LogP) is 2.27. The fraction of sp³-hybridized carbons (Fsp3) is 0.636. The molecule has 4 nitrogen and oxygen atoms in total. The van der Waals surface area contributed by atoms with Gasteiger partial charge in [0.15, 0.2) is 14.5 Å². The highest BCUT2D eigenvalue weighted by Gasteiger charge is 2.39. The number of halogens is 1. The van der Waals surface area contributed by atoms with E-state index < -0.39 is 9.84 Å². The van der Waals surface area contributed by atoms with Crippen molar-refractivity contribution in [3.05, 3.63) is 22.6 Å². The summed E-state index contributed by atoms with van der Waals surface area (Å²) in [7, 11) is -2.88. The van der Waals surface area contributed by atoms with E-state index in [1.807, 2.05) is 26.0 Å². The summed E-state index contributed by atoms with van der Waals surface area (Å²) in [5.41, 5.74) is -0.350. The molecule has 1 saturated heterocycles. The molecule has 0 saturated carbocycles. The van der Waals surface area contributed by atoms with Crippen molar-refractivity contribution in [3.8, 4) is 0 Å². The molecule has 0 amide bonds. The summed E-state index contributed by atoms with van der Waals surface area (Å²) in [4.78, 5) is 0. The van der Waals surface area contributed by atoms with Crippen molar-refractivity contribution in [2.45, 2.75) is 31.8 Å². The molecule has 6 heteroatoms. The van der Waals surface area contributed by atoms with Gasteiger partial charge in [0.1, 0.15) is 5.76 Å². The Morgan fingerprint density at radius 1 is 1.53 bits per heavy atom. The smallest absolute Gasteiger partial charge is 0.169 e. The first-order valence-corrected chi connectivity index (χ1v) is 8.14. The van der Waals surface area contributed by atoms with E-state index in [9.17, 15) is 8.42 Å². The van der Waals surface area contributed by atoms with Crippen LogP contribution in [0.15, 0.2) is 21.2 Å². The van der Waals surface area contributed by atoms with Crippen molar-refractivity contribution in [2.24, 2.45) is 0 Å². The maximum atomic E-state index is 11.5. The van der Waals surface area contributed by atoms with Gasteiger partial charge in [0, 0.05) is 5.54 Å². The summed E-state index contributed by atoms with van der Waals surface area (Å²) in [5.74, 6) is 1.28. The standard InChI is InChI=1S/C11H16BrNO3S/c1-8(9-3-4-10(12)16-9)13-11(2)5-6-17(14,15)7-11/h3-4,8,13H,5-7H2,1-2H3. The third kappa shape index (κ3) is 3.11. The Labute approximate surface area is 110 Å². The lowest BCUT2D eigenvalue weighted by molar-refractivity contribution is 0.319. The fourth-order valence-electron chi connectivity index (χ4n) is 2.28. The highest BCUT2D eigenvalue weighted by Crippen LogP contribution is 2.28. The first kappa shape index (κ1) is 13.1. The molecule has 96 valence electrons. The van der Waals surface area contributed by atoms with Gasteiger partial charge in [0.05, 0.1) is 17.5 Å². The Hall–Kier alpha value is -0.330. The quantitative estimate of drug-likeness (QED) is 0.927. The van der Waals surface area contributed by atoms with Gasteiger partial charge in [-0.1, -0.05) is 0 Å². The third-order valence-corrected chi connectivity index (χ3v) is 5.42. The molecule has 0 radical (unpaired) electrons. The van der Waals surface area contributed by atoms with Gasteiger partial charge in [-0.2, -0.15) is 0 Å². The Balaban J connectivity index is 2.07. The SMILES string of the molecule is CC(NC1(C)CCS(=O)(=O)C1)c1ccc(Br)o1. The van der Waals surface area contributed by atoms with Gasteiger partial charge in [-0.25, -0.2) is 8.42 Å². The zero-order valence-electron chi connectivity index (χ0n) is 9.86. The van der Waals surface area contributed by atoms with E-state index in [1.165, 1.54) is 0 Å². The second kappa shape index (κ2) is 4.40. The van der Waals surface area contributed by atoms with Gasteiger partial charge >= 0.3 is 0 Å². The fourth-order valence-corrected chi connectivity index (χ4v) is 4.70. The molecule has 0 aromatic carbocycles. The highest BCUT2D eigenvalue weighted by molar-refractivity contribution is 9.10. The summed E-state index contributed by atoms with van der Waals surface area (Å²) in [6.07, 6.45) is 0.654. The van der Waals surface area contributed by atoms with E-state index in [2.05, 4.69) is 21.2 Å². The minimum atomic E-state index is -2.88. The second-order valence-electron chi connectivity index (χ2n) is 4.91. The van der Waals surface area contributed by atoms with Crippen LogP contribution in [0.1, 0.15) is 32.1 Å². The Bertz CT molecular complexity index is 511. The summed E-state index contributed by atoms with van der Waals surface area (Å²) in [6, 6.07) is 3.72. The number of rotatable bonds is 3. The van der Waals surface area contributed by atoms with Gasteiger partial charge < -0.3 is 9.73 Å². The average molecular weight is 322 g/mol. The Morgan fingerprint density at radius 2 is 2.24 bits per heavy atom. The summed E-state index contributed by atoms with van der Waals surface area (Å²) < 4.78 is 29.1. The molecule has 2 unspecified atom stereocenters. The van der Waals surface area contributed by atoms with E-state index in [1.54, 1.807) is 0 Å². The summed E-state index contributed by atoms with van der Waals surface area (Å²) in [6.45, 7) is 3.92. The van der Waals surface area contributed by atoms with Crippen molar-refractivity contribution in [1.29, 1.82) is 0 Å². The topological polar surface area (TPSA) is 59.3 Å². The molecule has 1 aromatic rings. The minimum absolute atomic E-state index is 0.000370. The van der Waals surface area contributed by atoms with Crippen LogP contribution < -0.4 is 5.32 Å². The van der Waals surface area contributed by atoms with Gasteiger partial charge in [-0.05, 0) is 48.3 Å². The molecule has 1 aliphatic rings. The van der Waals surface area contributed by atoms with Crippen molar-refractivity contribution >= 4 is 25.8 Å². The van der Waals surface area contributed by atoms with Gasteiger partial charge in [0.25, 0.3) is 0 Å². The molecule has 1 aromatic heterocycles. The van der Waals surface area contributed by atoms with Crippen molar-refractivity contribution in [3.63, 3.8) is 0 Å². The number of nitrogens with one attached hydrogen (secondary N) is 1. The molecular weight excluding hydrogens is 306 g/mol. The largest absolute Gasteiger partial charge is 0.453 e. The maximum absolute atomic E-state index is 11.5. The van der Waals surface area contributed by atoms with Gasteiger partial charge in [0.2, 0.25) is 0 Å². The summed E-state index contributed by atoms with van der Waals surface area (Å²) >= 11 is 3.25. The van der Waals surface area contributed by atoms with Crippen LogP contribution in [0.4, 0.5) is 0 Å². The van der Waals surface area contributed by atoms with E-state index >= 15 is 0 Å². The van der Waals surface area contributed by atoms with Gasteiger partial charge in [-0.15, -0.1) is 0 Å². The van der Waals surface area contributed by atoms with E-state index in [4.69, 9.17) is 4.42 Å². The zero-order chi connectivity index (χ0) is 12.7. The van der Waals surface area contributed by atoms with Crippen LogP contribution in [-0.4, -0.2) is 25.5 Å². The Morgan fingerprint density at radius 3 is 2.71 bits per heavy atom. The molecule has 2 atom stereocenters. The van der Waals surface area contributed by atoms with E-state index in [0.29, 0.717) is 11.1 Å². The zero-order valence-corrected chi connectivity index (χ0v) is 12.3. The van der Waals surface area contributed by atoms with Crippen LogP contribution in [0.2, 0.25) is 0 Å². The van der Waals surface area contributed by atoms with E-state index in [0.717, 1.165) is 5.76 Å². The van der Waals surface area contributed by atoms with Crippen molar-refractivity contribution < 1.29 is 12.8 Å². The minimum Gasteiger partial charge on any atom is -0.453 e. The van der Waals surface area contributed by atoms with Crippen LogP contribution in [0.5, 0.6) is 0 Å². The van der Waals surface area contributed by atoms with Crippen LogP contribution in [0, 0.1) is 0 Å². The molecular formula is C11H16BrNO3S. The highest BCUT2D eigenvalue weighted by atomic mass is 79.9. The second-order valence-corrected chi connectivity index (χ2v) is 7.88. The molecule has 1 aliphatic heterocycles. The number of furan rings is 1. The molecule has 17 heavy (non-hydrogen) atoms. The lowest BCUT2D eigenvalue weighted by Gasteiger charge is -2.27. The molecule has 2 rings (SSSR count). The maximum Gasteiger partial charge on any atom is 0.169 e. The van der Waals surface area contributed by atoms with Gasteiger partial charge in [-0.3, -0.25) is 0 Å². The first-order valence-electron chi connectivity index (χ1n) is 5.53. The average Bonchev–Trinajstić information content (AvgIpc) is 2.71. The number of hydrogen-bond donors (Lipinski definition) is 1. The normalized spacial score (nSPS) is 29.4. The van der Waals surface area contributed by atoms with Crippen molar-refractivity contribution in [2.75, 3.05) is 11.5 Å². The third-order valence-electron chi connectivity index (χ3n) is 3.09. The van der Waals surface area contributed by atoms with E-state index in [-0.39, 0.29) is 23.1 Å². The molecule has 0 bridgehead atoms. The monoisotopic (exact) mass is 321 g/mol. The first-order chi connectivity index (χ1) is 7.80. The van der Waals surface area contributed by atoms with Crippen molar-refractivity contribution in [1.82, 2.24) is 5.32 Å². The lowest BCUT2D eigenvalue weighted by Crippen LogP contribution is -2.44. The van der Waals surface area contributed by atoms with Crippen LogP contribution in [0.25, 0.3) is 0 Å². The molecule has 0 spiro atoms.